The Labute approximate surface area is 138 Å². The van der Waals surface area contributed by atoms with Crippen LogP contribution in [0.4, 0.5) is 4.79 Å². The molecule has 1 aliphatic rings. The van der Waals surface area contributed by atoms with Crippen LogP contribution >= 0.6 is 0 Å². The summed E-state index contributed by atoms with van der Waals surface area (Å²) in [6.45, 7) is 5.27. The van der Waals surface area contributed by atoms with Gasteiger partial charge in [0.15, 0.2) is 0 Å². The highest BCUT2D eigenvalue weighted by Crippen LogP contribution is 2.39. The third-order valence-electron chi connectivity index (χ3n) is 4.18. The van der Waals surface area contributed by atoms with Crippen molar-refractivity contribution < 1.29 is 14.6 Å². The predicted molar refractivity (Wildman–Crippen MR) is 87.6 cm³/mol. The van der Waals surface area contributed by atoms with Crippen LogP contribution in [0.15, 0.2) is 17.3 Å². The van der Waals surface area contributed by atoms with Crippen LogP contribution < -0.4 is 5.56 Å². The van der Waals surface area contributed by atoms with Crippen molar-refractivity contribution in [3.63, 3.8) is 0 Å². The van der Waals surface area contributed by atoms with Crippen molar-refractivity contribution in [2.45, 2.75) is 51.3 Å². The minimum atomic E-state index is -0.625. The van der Waals surface area contributed by atoms with Crippen LogP contribution in [0.2, 0.25) is 0 Å². The van der Waals surface area contributed by atoms with Gasteiger partial charge in [-0.2, -0.15) is 0 Å². The van der Waals surface area contributed by atoms with Crippen molar-refractivity contribution in [3.8, 4) is 0 Å². The summed E-state index contributed by atoms with van der Waals surface area (Å²) in [5.41, 5.74) is 0.796. The number of ether oxygens (including phenoxy) is 1. The third kappa shape index (κ3) is 2.89. The fraction of sp³-hybridized carbons (Fsp3) is 0.562. The van der Waals surface area contributed by atoms with E-state index in [4.69, 9.17) is 4.74 Å². The molecule has 130 valence electrons. The number of amides is 1. The molecular weight excluding hydrogens is 312 g/mol. The van der Waals surface area contributed by atoms with Gasteiger partial charge in [0.25, 0.3) is 5.56 Å². The van der Waals surface area contributed by atoms with E-state index in [-0.39, 0.29) is 24.2 Å². The molecule has 0 radical (unpaired) electrons. The lowest BCUT2D eigenvalue weighted by Gasteiger charge is -2.31. The molecule has 0 spiro atoms. The van der Waals surface area contributed by atoms with Gasteiger partial charge in [-0.1, -0.05) is 0 Å². The molecule has 2 aromatic rings. The van der Waals surface area contributed by atoms with E-state index in [2.05, 4.69) is 15.0 Å². The molecule has 3 rings (SSSR count). The van der Waals surface area contributed by atoms with Crippen LogP contribution in [0.5, 0.6) is 0 Å². The smallest absolute Gasteiger partial charge is 0.411 e. The standard InChI is InChI=1S/C16H22N4O4/c1-16(2,3)24-15(23)20-9(7-21)4-5-11(20)10-6-17-13-12(10)18-8-19-14(13)22/h6,8-9,11,17,21H,4-5,7H2,1-3H3,(H,18,19,22)/t9-,11+/m0/s1. The maximum absolute atomic E-state index is 12.6. The molecule has 0 bridgehead atoms. The van der Waals surface area contributed by atoms with Crippen molar-refractivity contribution in [1.82, 2.24) is 19.9 Å². The Balaban J connectivity index is 2.00. The van der Waals surface area contributed by atoms with Crippen molar-refractivity contribution in [2.24, 2.45) is 0 Å². The van der Waals surface area contributed by atoms with Gasteiger partial charge in [-0.25, -0.2) is 9.78 Å². The van der Waals surface area contributed by atoms with Crippen LogP contribution in [0.3, 0.4) is 0 Å². The number of nitrogens with one attached hydrogen (secondary N) is 2. The zero-order valence-electron chi connectivity index (χ0n) is 14.0. The number of nitrogens with zero attached hydrogens (tertiary/aromatic N) is 2. The van der Waals surface area contributed by atoms with Crippen molar-refractivity contribution >= 4 is 17.1 Å². The monoisotopic (exact) mass is 334 g/mol. The summed E-state index contributed by atoms with van der Waals surface area (Å²) < 4.78 is 5.50. The van der Waals surface area contributed by atoms with E-state index >= 15 is 0 Å². The Morgan fingerprint density at radius 2 is 2.17 bits per heavy atom. The van der Waals surface area contributed by atoms with E-state index in [1.165, 1.54) is 6.33 Å². The fourth-order valence-corrected chi connectivity index (χ4v) is 3.18. The number of carbonyl (C=O) groups is 1. The van der Waals surface area contributed by atoms with E-state index in [9.17, 15) is 14.7 Å². The second-order valence-corrected chi connectivity index (χ2v) is 7.02. The van der Waals surface area contributed by atoms with E-state index in [0.29, 0.717) is 23.9 Å². The molecule has 2 aromatic heterocycles. The second kappa shape index (κ2) is 5.94. The Morgan fingerprint density at radius 1 is 1.42 bits per heavy atom. The quantitative estimate of drug-likeness (QED) is 0.774. The fourth-order valence-electron chi connectivity index (χ4n) is 3.18. The summed E-state index contributed by atoms with van der Waals surface area (Å²) in [6, 6.07) is -0.600. The van der Waals surface area contributed by atoms with Gasteiger partial charge in [-0.15, -0.1) is 0 Å². The van der Waals surface area contributed by atoms with E-state index < -0.39 is 11.7 Å². The first-order chi connectivity index (χ1) is 11.3. The average Bonchev–Trinajstić information content (AvgIpc) is 3.09. The van der Waals surface area contributed by atoms with Crippen LogP contribution in [-0.2, 0) is 4.74 Å². The molecule has 1 aliphatic heterocycles. The summed E-state index contributed by atoms with van der Waals surface area (Å²) in [5, 5.41) is 9.63. The van der Waals surface area contributed by atoms with Gasteiger partial charge < -0.3 is 19.8 Å². The molecule has 0 unspecified atom stereocenters. The minimum Gasteiger partial charge on any atom is -0.444 e. The van der Waals surface area contributed by atoms with Gasteiger partial charge in [-0.05, 0) is 33.6 Å². The van der Waals surface area contributed by atoms with Gasteiger partial charge in [0, 0.05) is 11.8 Å². The SMILES string of the molecule is CC(C)(C)OC(=O)N1[C@H](CO)CC[C@@H]1c1c[nH]c2c(=O)[nH]cnc12. The first kappa shape index (κ1) is 16.5. The molecule has 8 heteroatoms. The number of aliphatic hydroxyl groups excluding tert-OH is 1. The van der Waals surface area contributed by atoms with Gasteiger partial charge in [0.05, 0.1) is 25.0 Å². The lowest BCUT2D eigenvalue weighted by Crippen LogP contribution is -2.42. The summed E-state index contributed by atoms with van der Waals surface area (Å²) >= 11 is 0. The van der Waals surface area contributed by atoms with Crippen LogP contribution in [-0.4, -0.2) is 49.3 Å². The Hall–Kier alpha value is -2.35. The Morgan fingerprint density at radius 3 is 2.83 bits per heavy atom. The number of H-pyrrole nitrogens is 2. The number of carbonyl (C=O) groups excluding carboxylic acids is 1. The molecule has 8 nitrogen and oxygen atoms in total. The topological polar surface area (TPSA) is 111 Å². The van der Waals surface area contributed by atoms with Gasteiger partial charge in [-0.3, -0.25) is 9.69 Å². The number of likely N-dealkylation sites (tertiary alicyclic amines) is 1. The first-order valence-corrected chi connectivity index (χ1v) is 7.98. The molecule has 2 atom stereocenters. The van der Waals surface area contributed by atoms with Crippen LogP contribution in [0, 0.1) is 0 Å². The Bertz CT molecular complexity index is 804. The highest BCUT2D eigenvalue weighted by Gasteiger charge is 2.40. The first-order valence-electron chi connectivity index (χ1n) is 7.98. The molecule has 0 aromatic carbocycles. The maximum atomic E-state index is 12.6. The summed E-state index contributed by atoms with van der Waals surface area (Å²) in [4.78, 5) is 35.7. The third-order valence-corrected chi connectivity index (χ3v) is 4.18. The number of aliphatic hydroxyl groups is 1. The number of hydrogen-bond donors (Lipinski definition) is 3. The van der Waals surface area contributed by atoms with Crippen molar-refractivity contribution in [2.75, 3.05) is 6.61 Å². The summed E-state index contributed by atoms with van der Waals surface area (Å²) in [5.74, 6) is 0. The number of aromatic amines is 2. The largest absolute Gasteiger partial charge is 0.444 e. The Kier molecular flexibility index (Phi) is 4.08. The van der Waals surface area contributed by atoms with Crippen LogP contribution in [0.1, 0.15) is 45.2 Å². The molecule has 24 heavy (non-hydrogen) atoms. The maximum Gasteiger partial charge on any atom is 0.411 e. The average molecular weight is 334 g/mol. The molecule has 0 saturated carbocycles. The zero-order valence-corrected chi connectivity index (χ0v) is 14.0. The molecule has 1 saturated heterocycles. The van der Waals surface area contributed by atoms with E-state index in [0.717, 1.165) is 5.56 Å². The number of rotatable bonds is 2. The predicted octanol–water partition coefficient (Wildman–Crippen LogP) is 1.68. The van der Waals surface area contributed by atoms with Gasteiger partial charge >= 0.3 is 6.09 Å². The lowest BCUT2D eigenvalue weighted by molar-refractivity contribution is 0.00880. The number of fused-ring (bicyclic) bond motifs is 1. The summed E-state index contributed by atoms with van der Waals surface area (Å²) in [7, 11) is 0. The molecule has 3 N–H and O–H groups in total. The summed E-state index contributed by atoms with van der Waals surface area (Å²) in [6.07, 6.45) is 3.91. The lowest BCUT2D eigenvalue weighted by atomic mass is 10.1. The van der Waals surface area contributed by atoms with Gasteiger partial charge in [0.1, 0.15) is 16.6 Å². The van der Waals surface area contributed by atoms with Crippen molar-refractivity contribution in [1.29, 1.82) is 0 Å². The number of hydrogen-bond acceptors (Lipinski definition) is 5. The van der Waals surface area contributed by atoms with Gasteiger partial charge in [0.2, 0.25) is 0 Å². The van der Waals surface area contributed by atoms with E-state index in [1.54, 1.807) is 31.9 Å². The molecule has 1 amide bonds. The molecule has 3 heterocycles. The van der Waals surface area contributed by atoms with Crippen LogP contribution in [0.25, 0.3) is 11.0 Å². The highest BCUT2D eigenvalue weighted by atomic mass is 16.6. The molecule has 0 aliphatic carbocycles. The normalized spacial score (nSPS) is 21.4. The zero-order chi connectivity index (χ0) is 17.5. The molecular formula is C16H22N4O4. The highest BCUT2D eigenvalue weighted by molar-refractivity contribution is 5.79. The molecule has 1 fully saturated rings. The van der Waals surface area contributed by atoms with E-state index in [1.807, 2.05) is 0 Å². The number of aromatic nitrogens is 3. The second-order valence-electron chi connectivity index (χ2n) is 7.02. The van der Waals surface area contributed by atoms with Crippen molar-refractivity contribution in [3.05, 3.63) is 28.4 Å². The minimum absolute atomic E-state index is 0.133.